The molecule has 1 aliphatic heterocycles. The van der Waals surface area contributed by atoms with Crippen LogP contribution >= 0.6 is 0 Å². The average molecular weight is 427 g/mol. The van der Waals surface area contributed by atoms with Gasteiger partial charge in [0.1, 0.15) is 5.82 Å². The summed E-state index contributed by atoms with van der Waals surface area (Å²) in [6, 6.07) is 6.27. The van der Waals surface area contributed by atoms with Crippen molar-refractivity contribution in [3.05, 3.63) is 47.2 Å². The summed E-state index contributed by atoms with van der Waals surface area (Å²) in [5.41, 5.74) is 0.651. The van der Waals surface area contributed by atoms with E-state index in [1.54, 1.807) is 17.7 Å². The van der Waals surface area contributed by atoms with E-state index in [9.17, 15) is 26.4 Å². The third-order valence-corrected chi connectivity index (χ3v) is 7.21. The Hall–Kier alpha value is -2.36. The topological polar surface area (TPSA) is 81.1 Å². The minimum absolute atomic E-state index is 0.00536. The molecule has 1 amide bonds. The van der Waals surface area contributed by atoms with Crippen LogP contribution in [0, 0.1) is 12.8 Å². The SMILES string of the molecule is Cc1cc(NC(=O)[C@H]2C[C@@H]2c2ccc(C(F)(F)F)cc2)n([C@@H]2CCS(=O)(=O)C2)n1. The number of alkyl halides is 3. The second-order valence-corrected chi connectivity index (χ2v) is 9.96. The molecule has 6 nitrogen and oxygen atoms in total. The van der Waals surface area contributed by atoms with Gasteiger partial charge in [-0.05, 0) is 43.4 Å². The first-order valence-corrected chi connectivity index (χ1v) is 11.1. The molecule has 1 N–H and O–H groups in total. The van der Waals surface area contributed by atoms with Gasteiger partial charge in [-0.3, -0.25) is 4.79 Å². The normalized spacial score (nSPS) is 25.7. The number of carbonyl (C=O) groups is 1. The Morgan fingerprint density at radius 2 is 1.93 bits per heavy atom. The fourth-order valence-electron chi connectivity index (χ4n) is 3.85. The molecule has 3 atom stereocenters. The molecular weight excluding hydrogens is 407 g/mol. The predicted molar refractivity (Wildman–Crippen MR) is 100 cm³/mol. The van der Waals surface area contributed by atoms with Gasteiger partial charge in [-0.15, -0.1) is 0 Å². The second kappa shape index (κ2) is 6.86. The molecule has 0 spiro atoms. The molecule has 0 bridgehead atoms. The van der Waals surface area contributed by atoms with Gasteiger partial charge < -0.3 is 5.32 Å². The van der Waals surface area contributed by atoms with Gasteiger partial charge in [-0.2, -0.15) is 18.3 Å². The van der Waals surface area contributed by atoms with Crippen LogP contribution in [0.25, 0.3) is 0 Å². The van der Waals surface area contributed by atoms with Crippen LogP contribution in [0.5, 0.6) is 0 Å². The molecule has 4 rings (SSSR count). The van der Waals surface area contributed by atoms with Crippen molar-refractivity contribution in [3.63, 3.8) is 0 Å². The Labute approximate surface area is 166 Å². The van der Waals surface area contributed by atoms with Crippen LogP contribution in [0.2, 0.25) is 0 Å². The number of benzene rings is 1. The molecule has 2 heterocycles. The fraction of sp³-hybridized carbons (Fsp3) is 0.474. The van der Waals surface area contributed by atoms with Gasteiger partial charge in [-0.25, -0.2) is 13.1 Å². The molecule has 0 radical (unpaired) electrons. The van der Waals surface area contributed by atoms with Gasteiger partial charge in [0, 0.05) is 12.0 Å². The third-order valence-electron chi connectivity index (χ3n) is 5.46. The van der Waals surface area contributed by atoms with Crippen molar-refractivity contribution in [2.75, 3.05) is 16.8 Å². The van der Waals surface area contributed by atoms with Crippen molar-refractivity contribution >= 4 is 21.6 Å². The maximum absolute atomic E-state index is 12.7. The largest absolute Gasteiger partial charge is 0.416 e. The molecule has 156 valence electrons. The summed E-state index contributed by atoms with van der Waals surface area (Å²) < 4.78 is 63.2. The van der Waals surface area contributed by atoms with Gasteiger partial charge >= 0.3 is 6.18 Å². The molecular formula is C19H20F3N3O3S. The predicted octanol–water partition coefficient (Wildman–Crippen LogP) is 3.31. The number of anilines is 1. The second-order valence-electron chi connectivity index (χ2n) is 7.73. The van der Waals surface area contributed by atoms with Gasteiger partial charge in [0.15, 0.2) is 9.84 Å². The van der Waals surface area contributed by atoms with E-state index < -0.39 is 21.6 Å². The zero-order valence-corrected chi connectivity index (χ0v) is 16.4. The number of rotatable bonds is 4. The van der Waals surface area contributed by atoms with Crippen LogP contribution in [0.1, 0.15) is 41.6 Å². The molecule has 1 aliphatic carbocycles. The summed E-state index contributed by atoms with van der Waals surface area (Å²) in [7, 11) is -3.10. The average Bonchev–Trinajstić information content (AvgIpc) is 3.24. The smallest absolute Gasteiger partial charge is 0.311 e. The van der Waals surface area contributed by atoms with Crippen LogP contribution in [0.4, 0.5) is 19.0 Å². The molecule has 2 aliphatic rings. The first-order valence-electron chi connectivity index (χ1n) is 9.28. The fourth-order valence-corrected chi connectivity index (χ4v) is 5.54. The Morgan fingerprint density at radius 1 is 1.24 bits per heavy atom. The van der Waals surface area contributed by atoms with Crippen molar-refractivity contribution in [2.45, 2.75) is 37.9 Å². The van der Waals surface area contributed by atoms with Crippen molar-refractivity contribution in [2.24, 2.45) is 5.92 Å². The van der Waals surface area contributed by atoms with Crippen LogP contribution in [0.3, 0.4) is 0 Å². The molecule has 1 saturated heterocycles. The molecule has 10 heteroatoms. The standard InChI is InChI=1S/C19H20F3N3O3S/c1-11-8-17(25(24-11)14-6-7-29(27,28)10-14)23-18(26)16-9-15(16)12-2-4-13(5-3-12)19(20,21)22/h2-5,8,14-16H,6-7,9-10H2,1H3,(H,23,26)/t14-,15-,16+/m1/s1. The number of sulfone groups is 1. The first-order chi connectivity index (χ1) is 13.5. The molecule has 0 unspecified atom stereocenters. The lowest BCUT2D eigenvalue weighted by Gasteiger charge is -2.14. The minimum Gasteiger partial charge on any atom is -0.311 e. The number of nitrogens with one attached hydrogen (secondary N) is 1. The number of halogens is 3. The van der Waals surface area contributed by atoms with Crippen molar-refractivity contribution in [3.8, 4) is 0 Å². The van der Waals surface area contributed by atoms with Crippen molar-refractivity contribution in [1.82, 2.24) is 9.78 Å². The highest BCUT2D eigenvalue weighted by atomic mass is 32.2. The zero-order valence-electron chi connectivity index (χ0n) is 15.6. The number of hydrogen-bond acceptors (Lipinski definition) is 4. The summed E-state index contributed by atoms with van der Waals surface area (Å²) in [6.07, 6.45) is -3.38. The van der Waals surface area contributed by atoms with Crippen LogP contribution in [-0.2, 0) is 20.8 Å². The van der Waals surface area contributed by atoms with E-state index in [1.165, 1.54) is 12.1 Å². The summed E-state index contributed by atoms with van der Waals surface area (Å²) in [5, 5.41) is 7.15. The molecule has 1 aromatic heterocycles. The van der Waals surface area contributed by atoms with Crippen LogP contribution < -0.4 is 5.32 Å². The Balaban J connectivity index is 1.44. The summed E-state index contributed by atoms with van der Waals surface area (Å²) in [4.78, 5) is 12.6. The summed E-state index contributed by atoms with van der Waals surface area (Å²) in [5.74, 6) is -0.147. The molecule has 2 aromatic rings. The van der Waals surface area contributed by atoms with E-state index in [1.807, 2.05) is 0 Å². The Bertz CT molecular complexity index is 1040. The highest BCUT2D eigenvalue weighted by Crippen LogP contribution is 2.48. The van der Waals surface area contributed by atoms with Crippen molar-refractivity contribution < 1.29 is 26.4 Å². The monoisotopic (exact) mass is 427 g/mol. The number of hydrogen-bond donors (Lipinski definition) is 1. The Kier molecular flexibility index (Phi) is 4.71. The highest BCUT2D eigenvalue weighted by molar-refractivity contribution is 7.91. The number of carbonyl (C=O) groups excluding carboxylic acids is 1. The Morgan fingerprint density at radius 3 is 2.52 bits per heavy atom. The summed E-state index contributed by atoms with van der Waals surface area (Å²) in [6.45, 7) is 1.76. The molecule has 2 fully saturated rings. The zero-order chi connectivity index (χ0) is 21.0. The quantitative estimate of drug-likeness (QED) is 0.812. The number of aryl methyl sites for hydroxylation is 1. The van der Waals surface area contributed by atoms with Gasteiger partial charge in [0.2, 0.25) is 5.91 Å². The van der Waals surface area contributed by atoms with E-state index in [2.05, 4.69) is 10.4 Å². The van der Waals surface area contributed by atoms with E-state index in [4.69, 9.17) is 0 Å². The lowest BCUT2D eigenvalue weighted by Crippen LogP contribution is -2.21. The van der Waals surface area contributed by atoms with Crippen LogP contribution in [0.15, 0.2) is 30.3 Å². The van der Waals surface area contributed by atoms with Crippen molar-refractivity contribution in [1.29, 1.82) is 0 Å². The molecule has 1 aromatic carbocycles. The highest BCUT2D eigenvalue weighted by Gasteiger charge is 2.44. The van der Waals surface area contributed by atoms with Gasteiger partial charge in [0.25, 0.3) is 0 Å². The third kappa shape index (κ3) is 4.17. The van der Waals surface area contributed by atoms with E-state index in [0.717, 1.165) is 12.1 Å². The number of aromatic nitrogens is 2. The van der Waals surface area contributed by atoms with Crippen LogP contribution in [-0.4, -0.2) is 35.6 Å². The maximum Gasteiger partial charge on any atom is 0.416 e. The van der Waals surface area contributed by atoms with E-state index >= 15 is 0 Å². The molecule has 29 heavy (non-hydrogen) atoms. The summed E-state index contributed by atoms with van der Waals surface area (Å²) >= 11 is 0. The first kappa shape index (κ1) is 19.9. The number of amides is 1. The van der Waals surface area contributed by atoms with Gasteiger partial charge in [-0.1, -0.05) is 12.1 Å². The minimum atomic E-state index is -4.39. The molecule has 1 saturated carbocycles. The number of nitrogens with zero attached hydrogens (tertiary/aromatic N) is 2. The lowest BCUT2D eigenvalue weighted by atomic mass is 10.1. The maximum atomic E-state index is 12.7. The van der Waals surface area contributed by atoms with E-state index in [0.29, 0.717) is 29.9 Å². The van der Waals surface area contributed by atoms with E-state index in [-0.39, 0.29) is 35.3 Å². The lowest BCUT2D eigenvalue weighted by molar-refractivity contribution is -0.137. The van der Waals surface area contributed by atoms with Gasteiger partial charge in [0.05, 0.1) is 28.8 Å².